The van der Waals surface area contributed by atoms with Crippen molar-refractivity contribution in [1.82, 2.24) is 10.2 Å². The molecule has 2 atom stereocenters. The Morgan fingerprint density at radius 3 is 2.81 bits per heavy atom. The first kappa shape index (κ1) is 12.1. The summed E-state index contributed by atoms with van der Waals surface area (Å²) in [5.41, 5.74) is 1.56. The van der Waals surface area contributed by atoms with Crippen LogP contribution in [0.1, 0.15) is 27.8 Å². The molecule has 90 valence electrons. The molecule has 0 aromatic carbocycles. The standard InChI is InChI=1S/C13H22N2S/c1-9-7-12(10(2)16-9)13-11(8-14-3)5-6-15(13)4/h7,11,13-14H,5-6,8H2,1-4H3. The van der Waals surface area contributed by atoms with E-state index in [1.54, 1.807) is 5.56 Å². The third-order valence-corrected chi connectivity index (χ3v) is 4.62. The van der Waals surface area contributed by atoms with Crippen molar-refractivity contribution in [3.63, 3.8) is 0 Å². The lowest BCUT2D eigenvalue weighted by Crippen LogP contribution is -2.26. The third-order valence-electron chi connectivity index (χ3n) is 3.64. The molecule has 0 amide bonds. The molecule has 1 N–H and O–H groups in total. The van der Waals surface area contributed by atoms with E-state index in [0.29, 0.717) is 6.04 Å². The number of likely N-dealkylation sites (tertiary alicyclic amines) is 1. The highest BCUT2D eigenvalue weighted by Gasteiger charge is 2.33. The summed E-state index contributed by atoms with van der Waals surface area (Å²) in [5.74, 6) is 0.766. The molecule has 2 rings (SSSR count). The summed E-state index contributed by atoms with van der Waals surface area (Å²) >= 11 is 1.93. The van der Waals surface area contributed by atoms with Crippen molar-refractivity contribution in [3.8, 4) is 0 Å². The molecule has 3 heteroatoms. The van der Waals surface area contributed by atoms with Gasteiger partial charge in [0.15, 0.2) is 0 Å². The topological polar surface area (TPSA) is 15.3 Å². The number of nitrogens with zero attached hydrogens (tertiary/aromatic N) is 1. The predicted octanol–water partition coefficient (Wildman–Crippen LogP) is 2.58. The maximum Gasteiger partial charge on any atom is 0.0396 e. The summed E-state index contributed by atoms with van der Waals surface area (Å²) in [6, 6.07) is 3.01. The van der Waals surface area contributed by atoms with Crippen molar-refractivity contribution in [2.75, 3.05) is 27.2 Å². The second-order valence-corrected chi connectivity index (χ2v) is 6.36. The second kappa shape index (κ2) is 4.86. The molecule has 1 saturated heterocycles. The maximum atomic E-state index is 3.33. The van der Waals surface area contributed by atoms with E-state index in [-0.39, 0.29) is 0 Å². The molecule has 1 aliphatic rings. The fourth-order valence-corrected chi connectivity index (χ4v) is 3.90. The van der Waals surface area contributed by atoms with Gasteiger partial charge in [-0.1, -0.05) is 0 Å². The third kappa shape index (κ3) is 2.17. The highest BCUT2D eigenvalue weighted by Crippen LogP contribution is 2.39. The van der Waals surface area contributed by atoms with Crippen LogP contribution in [-0.2, 0) is 0 Å². The van der Waals surface area contributed by atoms with Gasteiger partial charge in [0.2, 0.25) is 0 Å². The van der Waals surface area contributed by atoms with Gasteiger partial charge in [0.1, 0.15) is 0 Å². The van der Waals surface area contributed by atoms with Crippen LogP contribution < -0.4 is 5.32 Å². The van der Waals surface area contributed by atoms with Crippen molar-refractivity contribution in [1.29, 1.82) is 0 Å². The number of rotatable bonds is 3. The number of nitrogens with one attached hydrogen (secondary N) is 1. The van der Waals surface area contributed by atoms with E-state index >= 15 is 0 Å². The van der Waals surface area contributed by atoms with Crippen LogP contribution in [0.25, 0.3) is 0 Å². The molecule has 2 nitrogen and oxygen atoms in total. The van der Waals surface area contributed by atoms with Gasteiger partial charge in [-0.05, 0) is 65.0 Å². The van der Waals surface area contributed by atoms with Crippen LogP contribution in [0.15, 0.2) is 6.07 Å². The fourth-order valence-electron chi connectivity index (χ4n) is 2.94. The number of hydrogen-bond acceptors (Lipinski definition) is 3. The van der Waals surface area contributed by atoms with E-state index in [9.17, 15) is 0 Å². The minimum absolute atomic E-state index is 0.623. The Bertz CT molecular complexity index is 357. The van der Waals surface area contributed by atoms with Crippen molar-refractivity contribution in [2.45, 2.75) is 26.3 Å². The Balaban J connectivity index is 2.26. The molecular formula is C13H22N2S. The van der Waals surface area contributed by atoms with E-state index in [1.807, 2.05) is 11.3 Å². The first-order chi connectivity index (χ1) is 7.63. The van der Waals surface area contributed by atoms with Gasteiger partial charge < -0.3 is 5.32 Å². The normalized spacial score (nSPS) is 26.5. The van der Waals surface area contributed by atoms with Crippen LogP contribution in [-0.4, -0.2) is 32.1 Å². The first-order valence-corrected chi connectivity index (χ1v) is 6.87. The molecule has 0 spiro atoms. The SMILES string of the molecule is CNCC1CCN(C)C1c1cc(C)sc1C. The molecule has 1 aromatic rings. The molecule has 0 bridgehead atoms. The number of aryl methyl sites for hydroxylation is 2. The molecule has 16 heavy (non-hydrogen) atoms. The van der Waals surface area contributed by atoms with Crippen molar-refractivity contribution in [3.05, 3.63) is 21.4 Å². The molecule has 0 aliphatic carbocycles. The highest BCUT2D eigenvalue weighted by molar-refractivity contribution is 7.12. The van der Waals surface area contributed by atoms with E-state index in [1.165, 1.54) is 22.7 Å². The Morgan fingerprint density at radius 2 is 2.25 bits per heavy atom. The van der Waals surface area contributed by atoms with Gasteiger partial charge in [0, 0.05) is 15.8 Å². The summed E-state index contributed by atoms with van der Waals surface area (Å²) in [6.45, 7) is 6.83. The lowest BCUT2D eigenvalue weighted by molar-refractivity contribution is 0.274. The van der Waals surface area contributed by atoms with Crippen molar-refractivity contribution >= 4 is 11.3 Å². The monoisotopic (exact) mass is 238 g/mol. The largest absolute Gasteiger partial charge is 0.319 e. The molecular weight excluding hydrogens is 216 g/mol. The molecule has 2 unspecified atom stereocenters. The van der Waals surface area contributed by atoms with E-state index in [4.69, 9.17) is 0 Å². The average molecular weight is 238 g/mol. The highest BCUT2D eigenvalue weighted by atomic mass is 32.1. The van der Waals surface area contributed by atoms with Gasteiger partial charge in [-0.15, -0.1) is 11.3 Å². The van der Waals surface area contributed by atoms with Crippen LogP contribution in [0.2, 0.25) is 0 Å². The molecule has 1 aromatic heterocycles. The second-order valence-electron chi connectivity index (χ2n) is 4.90. The van der Waals surface area contributed by atoms with E-state index in [0.717, 1.165) is 12.5 Å². The lowest BCUT2D eigenvalue weighted by atomic mass is 9.94. The van der Waals surface area contributed by atoms with Crippen LogP contribution in [0.3, 0.4) is 0 Å². The van der Waals surface area contributed by atoms with E-state index < -0.39 is 0 Å². The zero-order valence-corrected chi connectivity index (χ0v) is 11.5. The van der Waals surface area contributed by atoms with Crippen LogP contribution in [0, 0.1) is 19.8 Å². The van der Waals surface area contributed by atoms with Gasteiger partial charge in [-0.2, -0.15) is 0 Å². The van der Waals surface area contributed by atoms with Crippen LogP contribution in [0.4, 0.5) is 0 Å². The van der Waals surface area contributed by atoms with Gasteiger partial charge in [-0.3, -0.25) is 4.90 Å². The summed E-state index contributed by atoms with van der Waals surface area (Å²) in [7, 11) is 4.31. The Hall–Kier alpha value is -0.380. The summed E-state index contributed by atoms with van der Waals surface area (Å²) in [6.07, 6.45) is 1.32. The van der Waals surface area contributed by atoms with Crippen LogP contribution in [0.5, 0.6) is 0 Å². The lowest BCUT2D eigenvalue weighted by Gasteiger charge is -2.25. The molecule has 1 fully saturated rings. The number of hydrogen-bond donors (Lipinski definition) is 1. The zero-order valence-electron chi connectivity index (χ0n) is 10.7. The molecule has 1 aliphatic heterocycles. The minimum Gasteiger partial charge on any atom is -0.319 e. The minimum atomic E-state index is 0.623. The first-order valence-electron chi connectivity index (χ1n) is 6.05. The quantitative estimate of drug-likeness (QED) is 0.870. The van der Waals surface area contributed by atoms with Gasteiger partial charge in [0.25, 0.3) is 0 Å². The molecule has 0 radical (unpaired) electrons. The van der Waals surface area contributed by atoms with Crippen LogP contribution >= 0.6 is 11.3 Å². The number of thiophene rings is 1. The Morgan fingerprint density at radius 1 is 1.50 bits per heavy atom. The Kier molecular flexibility index (Phi) is 3.67. The average Bonchev–Trinajstić information content (AvgIpc) is 2.71. The van der Waals surface area contributed by atoms with Crippen molar-refractivity contribution in [2.24, 2.45) is 5.92 Å². The smallest absolute Gasteiger partial charge is 0.0396 e. The van der Waals surface area contributed by atoms with Crippen molar-refractivity contribution < 1.29 is 0 Å². The summed E-state index contributed by atoms with van der Waals surface area (Å²) in [5, 5.41) is 3.33. The zero-order chi connectivity index (χ0) is 11.7. The van der Waals surface area contributed by atoms with E-state index in [2.05, 4.69) is 44.2 Å². The molecule has 0 saturated carbocycles. The Labute approximate surface area is 103 Å². The summed E-state index contributed by atoms with van der Waals surface area (Å²) in [4.78, 5) is 5.45. The fraction of sp³-hybridized carbons (Fsp3) is 0.692. The molecule has 2 heterocycles. The van der Waals surface area contributed by atoms with Gasteiger partial charge in [0.05, 0.1) is 0 Å². The predicted molar refractivity (Wildman–Crippen MR) is 71.2 cm³/mol. The van der Waals surface area contributed by atoms with Gasteiger partial charge >= 0.3 is 0 Å². The summed E-state index contributed by atoms with van der Waals surface area (Å²) < 4.78 is 0. The maximum absolute atomic E-state index is 3.33. The van der Waals surface area contributed by atoms with Gasteiger partial charge in [-0.25, -0.2) is 0 Å².